The Morgan fingerprint density at radius 1 is 1.47 bits per heavy atom. The summed E-state index contributed by atoms with van der Waals surface area (Å²) in [5, 5.41) is 0. The van der Waals surface area contributed by atoms with E-state index in [1.165, 1.54) is 0 Å². The Hall–Kier alpha value is -0.580. The fourth-order valence-corrected chi connectivity index (χ4v) is 2.97. The lowest BCUT2D eigenvalue weighted by Gasteiger charge is -2.20. The molecular weight excluding hydrogens is 328 g/mol. The van der Waals surface area contributed by atoms with Gasteiger partial charge in [-0.25, -0.2) is 4.98 Å². The Morgan fingerprint density at radius 3 is 2.89 bits per heavy atom. The van der Waals surface area contributed by atoms with Crippen LogP contribution in [0.15, 0.2) is 22.7 Å². The molecule has 0 spiro atoms. The molecule has 0 N–H and O–H groups in total. The van der Waals surface area contributed by atoms with Crippen molar-refractivity contribution < 1.29 is 4.74 Å². The summed E-state index contributed by atoms with van der Waals surface area (Å²) in [6.07, 6.45) is 2.15. The molecule has 0 aliphatic carbocycles. The first-order chi connectivity index (χ1) is 9.21. The predicted molar refractivity (Wildman–Crippen MR) is 82.8 cm³/mol. The molecule has 1 atom stereocenters. The third kappa shape index (κ3) is 3.12. The summed E-state index contributed by atoms with van der Waals surface area (Å²) in [5.74, 6) is 1.32. The van der Waals surface area contributed by atoms with Gasteiger partial charge in [0.15, 0.2) is 0 Å². The van der Waals surface area contributed by atoms with Gasteiger partial charge >= 0.3 is 0 Å². The molecule has 0 fully saturated rings. The second kappa shape index (κ2) is 6.73. The van der Waals surface area contributed by atoms with Crippen LogP contribution in [-0.4, -0.2) is 23.3 Å². The van der Waals surface area contributed by atoms with Gasteiger partial charge in [0, 0.05) is 11.6 Å². The quantitative estimate of drug-likeness (QED) is 0.719. The van der Waals surface area contributed by atoms with Gasteiger partial charge in [-0.15, -0.1) is 11.6 Å². The highest BCUT2D eigenvalue weighted by atomic mass is 79.9. The minimum absolute atomic E-state index is 0.281. The maximum atomic E-state index is 6.05. The summed E-state index contributed by atoms with van der Waals surface area (Å²) >= 11 is 9.57. The minimum Gasteiger partial charge on any atom is -0.383 e. The zero-order valence-electron chi connectivity index (χ0n) is 11.2. The van der Waals surface area contributed by atoms with Crippen molar-refractivity contribution in [1.29, 1.82) is 0 Å². The van der Waals surface area contributed by atoms with Crippen molar-refractivity contribution in [1.82, 2.24) is 9.55 Å². The van der Waals surface area contributed by atoms with E-state index in [4.69, 9.17) is 16.3 Å². The molecule has 0 amide bonds. The molecule has 0 radical (unpaired) electrons. The van der Waals surface area contributed by atoms with Gasteiger partial charge in [0.1, 0.15) is 5.82 Å². The monoisotopic (exact) mass is 344 g/mol. The van der Waals surface area contributed by atoms with E-state index < -0.39 is 0 Å². The van der Waals surface area contributed by atoms with E-state index in [2.05, 4.69) is 38.5 Å². The summed E-state index contributed by atoms with van der Waals surface area (Å²) in [5.41, 5.74) is 2.09. The third-order valence-corrected chi connectivity index (χ3v) is 3.92. The van der Waals surface area contributed by atoms with Crippen molar-refractivity contribution in [2.75, 3.05) is 13.7 Å². The molecule has 19 heavy (non-hydrogen) atoms. The number of hydrogen-bond donors (Lipinski definition) is 0. The third-order valence-electron chi connectivity index (χ3n) is 3.19. The normalized spacial score (nSPS) is 13.1. The topological polar surface area (TPSA) is 27.1 Å². The number of imidazole rings is 1. The van der Waals surface area contributed by atoms with Gasteiger partial charge < -0.3 is 9.30 Å². The lowest BCUT2D eigenvalue weighted by Crippen LogP contribution is -2.16. The van der Waals surface area contributed by atoms with E-state index in [-0.39, 0.29) is 6.04 Å². The number of fused-ring (bicyclic) bond motifs is 1. The lowest BCUT2D eigenvalue weighted by atomic mass is 10.1. The highest BCUT2D eigenvalue weighted by Gasteiger charge is 2.18. The second-order valence-corrected chi connectivity index (χ2v) is 5.75. The Kier molecular flexibility index (Phi) is 5.25. The average molecular weight is 346 g/mol. The molecule has 3 nitrogen and oxygen atoms in total. The smallest absolute Gasteiger partial charge is 0.125 e. The molecular formula is C14H18BrClN2O. The number of halogens is 2. The summed E-state index contributed by atoms with van der Waals surface area (Å²) < 4.78 is 8.63. The van der Waals surface area contributed by atoms with E-state index in [0.29, 0.717) is 12.5 Å². The average Bonchev–Trinajstić information content (AvgIpc) is 2.76. The zero-order chi connectivity index (χ0) is 13.8. The standard InChI is InChI=1S/C14H18BrClN2O/c1-3-4-11(9-19-2)18-13-7-10(15)5-6-12(13)17-14(18)8-16/h5-7,11H,3-4,8-9H2,1-2H3. The molecule has 0 aliphatic rings. The highest BCUT2D eigenvalue weighted by molar-refractivity contribution is 9.10. The van der Waals surface area contributed by atoms with Crippen LogP contribution in [0.4, 0.5) is 0 Å². The van der Waals surface area contributed by atoms with Gasteiger partial charge in [-0.2, -0.15) is 0 Å². The number of nitrogens with zero attached hydrogens (tertiary/aromatic N) is 2. The number of methoxy groups -OCH3 is 1. The van der Waals surface area contributed by atoms with E-state index >= 15 is 0 Å². The van der Waals surface area contributed by atoms with Gasteiger partial charge in [0.05, 0.1) is 29.6 Å². The van der Waals surface area contributed by atoms with Crippen LogP contribution in [0.25, 0.3) is 11.0 Å². The van der Waals surface area contributed by atoms with Crippen LogP contribution >= 0.6 is 27.5 Å². The van der Waals surface area contributed by atoms with Crippen molar-refractivity contribution in [3.63, 3.8) is 0 Å². The van der Waals surface area contributed by atoms with E-state index in [9.17, 15) is 0 Å². The van der Waals surface area contributed by atoms with Crippen molar-refractivity contribution in [2.24, 2.45) is 0 Å². The summed E-state index contributed by atoms with van der Waals surface area (Å²) in [6.45, 7) is 2.85. The molecule has 5 heteroatoms. The zero-order valence-corrected chi connectivity index (χ0v) is 13.5. The Labute approximate surface area is 127 Å². The van der Waals surface area contributed by atoms with E-state index in [0.717, 1.165) is 34.2 Å². The Morgan fingerprint density at radius 2 is 2.26 bits per heavy atom. The Balaban J connectivity index is 2.56. The number of ether oxygens (including phenoxy) is 1. The molecule has 104 valence electrons. The van der Waals surface area contributed by atoms with Crippen LogP contribution in [0.3, 0.4) is 0 Å². The molecule has 2 rings (SSSR count). The lowest BCUT2D eigenvalue weighted by molar-refractivity contribution is 0.151. The first kappa shape index (κ1) is 14.8. The van der Waals surface area contributed by atoms with Crippen LogP contribution in [0.1, 0.15) is 31.6 Å². The fourth-order valence-electron chi connectivity index (χ4n) is 2.43. The first-order valence-electron chi connectivity index (χ1n) is 6.42. The molecule has 0 bridgehead atoms. The largest absolute Gasteiger partial charge is 0.383 e. The van der Waals surface area contributed by atoms with E-state index in [1.807, 2.05) is 12.1 Å². The first-order valence-corrected chi connectivity index (χ1v) is 7.75. The summed E-state index contributed by atoms with van der Waals surface area (Å²) in [4.78, 5) is 4.61. The van der Waals surface area contributed by atoms with Gasteiger partial charge in [0.25, 0.3) is 0 Å². The van der Waals surface area contributed by atoms with Gasteiger partial charge in [-0.05, 0) is 24.6 Å². The summed E-state index contributed by atoms with van der Waals surface area (Å²) in [6, 6.07) is 6.39. The number of benzene rings is 1. The number of aromatic nitrogens is 2. The minimum atomic E-state index is 0.281. The molecule has 1 unspecified atom stereocenters. The van der Waals surface area contributed by atoms with Crippen molar-refractivity contribution >= 4 is 38.6 Å². The molecule has 1 aromatic heterocycles. The van der Waals surface area contributed by atoms with Crippen LogP contribution in [0.2, 0.25) is 0 Å². The van der Waals surface area contributed by atoms with Crippen molar-refractivity contribution in [3.05, 3.63) is 28.5 Å². The van der Waals surface area contributed by atoms with Gasteiger partial charge in [0.2, 0.25) is 0 Å². The highest BCUT2D eigenvalue weighted by Crippen LogP contribution is 2.27. The number of hydrogen-bond acceptors (Lipinski definition) is 2. The molecule has 0 saturated heterocycles. The van der Waals surface area contributed by atoms with Gasteiger partial charge in [-0.3, -0.25) is 0 Å². The van der Waals surface area contributed by atoms with Crippen molar-refractivity contribution in [2.45, 2.75) is 31.7 Å². The number of rotatable bonds is 6. The van der Waals surface area contributed by atoms with Crippen LogP contribution in [0.5, 0.6) is 0 Å². The molecule has 1 aromatic carbocycles. The SMILES string of the molecule is CCCC(COC)n1c(CCl)nc2ccc(Br)cc21. The van der Waals surface area contributed by atoms with Gasteiger partial charge in [-0.1, -0.05) is 29.3 Å². The molecule has 2 aromatic rings. The van der Waals surface area contributed by atoms with Crippen LogP contribution in [0, 0.1) is 0 Å². The molecule has 0 saturated carbocycles. The summed E-state index contributed by atoms with van der Waals surface area (Å²) in [7, 11) is 1.73. The Bertz CT molecular complexity index is 550. The molecule has 1 heterocycles. The number of alkyl halides is 1. The van der Waals surface area contributed by atoms with Crippen molar-refractivity contribution in [3.8, 4) is 0 Å². The second-order valence-electron chi connectivity index (χ2n) is 4.56. The van der Waals surface area contributed by atoms with E-state index in [1.54, 1.807) is 7.11 Å². The maximum absolute atomic E-state index is 6.05. The predicted octanol–water partition coefficient (Wildman–Crippen LogP) is 4.53. The fraction of sp³-hybridized carbons (Fsp3) is 0.500. The van der Waals surface area contributed by atoms with Crippen LogP contribution in [-0.2, 0) is 10.6 Å². The molecule has 0 aliphatic heterocycles. The van der Waals surface area contributed by atoms with Crippen LogP contribution < -0.4 is 0 Å². The maximum Gasteiger partial charge on any atom is 0.125 e.